The molecular formula is C24H28N3OP. The van der Waals surface area contributed by atoms with Crippen molar-refractivity contribution in [2.24, 2.45) is 0 Å². The molecular weight excluding hydrogens is 377 g/mol. The Morgan fingerprint density at radius 2 is 1.55 bits per heavy atom. The number of hydrogen-bond acceptors (Lipinski definition) is 4. The molecule has 3 aromatic rings. The Morgan fingerprint density at radius 3 is 2.38 bits per heavy atom. The maximum atomic E-state index is 14.8. The van der Waals surface area contributed by atoms with Crippen LogP contribution in [0, 0.1) is 0 Å². The quantitative estimate of drug-likeness (QED) is 0.453. The van der Waals surface area contributed by atoms with Crippen molar-refractivity contribution in [3.05, 3.63) is 54.6 Å². The van der Waals surface area contributed by atoms with Gasteiger partial charge in [-0.25, -0.2) is 4.67 Å². The molecule has 0 aromatic heterocycles. The third kappa shape index (κ3) is 2.74. The number of piperidine rings is 1. The van der Waals surface area contributed by atoms with E-state index in [4.69, 9.17) is 0 Å². The van der Waals surface area contributed by atoms with Gasteiger partial charge in [-0.15, -0.1) is 9.34 Å². The Labute approximate surface area is 173 Å². The summed E-state index contributed by atoms with van der Waals surface area (Å²) in [5.74, 6) is 0. The fourth-order valence-corrected chi connectivity index (χ4v) is 9.24. The Bertz CT molecular complexity index is 1070. The van der Waals surface area contributed by atoms with Crippen LogP contribution in [0.2, 0.25) is 0 Å². The van der Waals surface area contributed by atoms with E-state index in [-0.39, 0.29) is 0 Å². The van der Waals surface area contributed by atoms with E-state index < -0.39 is 7.94 Å². The normalized spacial score (nSPS) is 28.4. The van der Waals surface area contributed by atoms with E-state index in [0.717, 1.165) is 44.7 Å². The number of nitrogens with zero attached hydrogens (tertiary/aromatic N) is 3. The summed E-state index contributed by atoms with van der Waals surface area (Å²) in [5, 5.41) is 4.97. The molecule has 0 saturated carbocycles. The average Bonchev–Trinajstić information content (AvgIpc) is 3.35. The third-order valence-corrected chi connectivity index (χ3v) is 10.4. The summed E-state index contributed by atoms with van der Waals surface area (Å²) < 4.78 is 7.01. The van der Waals surface area contributed by atoms with Gasteiger partial charge in [0.2, 0.25) is 7.94 Å². The second-order valence-corrected chi connectivity index (χ2v) is 11.4. The van der Waals surface area contributed by atoms with Crippen molar-refractivity contribution in [3.8, 4) is 0 Å². The van der Waals surface area contributed by atoms with Crippen LogP contribution in [0.15, 0.2) is 54.6 Å². The molecule has 6 rings (SSSR count). The lowest BCUT2D eigenvalue weighted by atomic mass is 10.0. The van der Waals surface area contributed by atoms with Crippen LogP contribution in [-0.2, 0) is 0 Å². The maximum absolute atomic E-state index is 14.8. The second-order valence-electron chi connectivity index (χ2n) is 8.77. The lowest BCUT2D eigenvalue weighted by Gasteiger charge is -2.47. The highest BCUT2D eigenvalue weighted by Gasteiger charge is 2.58. The highest BCUT2D eigenvalue weighted by molar-refractivity contribution is 7.66. The lowest BCUT2D eigenvalue weighted by molar-refractivity contribution is -0.194. The average molecular weight is 405 g/mol. The van der Waals surface area contributed by atoms with Gasteiger partial charge in [-0.05, 0) is 60.0 Å². The molecule has 29 heavy (non-hydrogen) atoms. The summed E-state index contributed by atoms with van der Waals surface area (Å²) in [7, 11) is -2.75. The van der Waals surface area contributed by atoms with Crippen LogP contribution in [0.5, 0.6) is 0 Å². The van der Waals surface area contributed by atoms with Crippen molar-refractivity contribution in [2.75, 3.05) is 30.8 Å². The van der Waals surface area contributed by atoms with E-state index in [1.54, 1.807) is 0 Å². The van der Waals surface area contributed by atoms with E-state index in [9.17, 15) is 4.89 Å². The van der Waals surface area contributed by atoms with E-state index in [0.29, 0.717) is 6.04 Å². The van der Waals surface area contributed by atoms with Crippen molar-refractivity contribution in [1.82, 2.24) is 9.34 Å². The molecule has 5 heteroatoms. The lowest BCUT2D eigenvalue weighted by Crippen LogP contribution is -2.47. The molecule has 0 aliphatic carbocycles. The van der Waals surface area contributed by atoms with Gasteiger partial charge in [-0.1, -0.05) is 42.8 Å². The SMILES string of the molecule is [O-][P+]1(N2CCCCC2)N(c2cccc3cc4ccccc4cc23)C[C@@H]2CCCN21. The molecule has 3 fully saturated rings. The first-order chi connectivity index (χ1) is 14.2. The summed E-state index contributed by atoms with van der Waals surface area (Å²) >= 11 is 0. The molecule has 3 heterocycles. The number of anilines is 1. The molecule has 1 unspecified atom stereocenters. The maximum Gasteiger partial charge on any atom is 0.209 e. The van der Waals surface area contributed by atoms with Crippen LogP contribution in [0.3, 0.4) is 0 Å². The van der Waals surface area contributed by atoms with Crippen LogP contribution >= 0.6 is 7.94 Å². The molecule has 0 bridgehead atoms. The monoisotopic (exact) mass is 405 g/mol. The van der Waals surface area contributed by atoms with E-state index in [2.05, 4.69) is 68.6 Å². The fourth-order valence-electron chi connectivity index (χ4n) is 5.66. The Hall–Kier alpha value is -1.71. The van der Waals surface area contributed by atoms with Gasteiger partial charge in [0.15, 0.2) is 0 Å². The zero-order chi connectivity index (χ0) is 19.4. The first-order valence-corrected chi connectivity index (χ1v) is 12.6. The topological polar surface area (TPSA) is 32.8 Å². The zero-order valence-electron chi connectivity index (χ0n) is 16.8. The molecule has 0 radical (unpaired) electrons. The third-order valence-electron chi connectivity index (χ3n) is 7.08. The number of benzene rings is 3. The summed E-state index contributed by atoms with van der Waals surface area (Å²) in [4.78, 5) is 14.8. The molecule has 0 spiro atoms. The number of fused-ring (bicyclic) bond motifs is 3. The van der Waals surface area contributed by atoms with E-state index >= 15 is 0 Å². The molecule has 3 aliphatic heterocycles. The van der Waals surface area contributed by atoms with Gasteiger partial charge in [0.05, 0.1) is 18.3 Å². The van der Waals surface area contributed by atoms with Gasteiger partial charge in [0, 0.05) is 25.0 Å². The van der Waals surface area contributed by atoms with E-state index in [1.165, 1.54) is 40.8 Å². The molecule has 2 atom stereocenters. The fraction of sp³-hybridized carbons (Fsp3) is 0.417. The van der Waals surface area contributed by atoms with Crippen LogP contribution in [0.1, 0.15) is 32.1 Å². The zero-order valence-corrected chi connectivity index (χ0v) is 17.7. The van der Waals surface area contributed by atoms with Gasteiger partial charge in [0.25, 0.3) is 0 Å². The van der Waals surface area contributed by atoms with Crippen LogP contribution in [0.25, 0.3) is 21.5 Å². The van der Waals surface area contributed by atoms with E-state index in [1.807, 2.05) is 0 Å². The minimum Gasteiger partial charge on any atom is -0.631 e. The molecule has 3 aliphatic rings. The summed E-state index contributed by atoms with van der Waals surface area (Å²) in [5.41, 5.74) is 1.15. The van der Waals surface area contributed by atoms with Crippen molar-refractivity contribution >= 4 is 35.2 Å². The number of hydrogen-bond donors (Lipinski definition) is 0. The van der Waals surface area contributed by atoms with Crippen molar-refractivity contribution in [2.45, 2.75) is 38.1 Å². The smallest absolute Gasteiger partial charge is 0.209 e. The largest absolute Gasteiger partial charge is 0.631 e. The Kier molecular flexibility index (Phi) is 4.32. The van der Waals surface area contributed by atoms with Crippen LogP contribution in [0.4, 0.5) is 5.69 Å². The van der Waals surface area contributed by atoms with Crippen molar-refractivity contribution in [3.63, 3.8) is 0 Å². The highest BCUT2D eigenvalue weighted by atomic mass is 31.2. The Balaban J connectivity index is 1.52. The standard InChI is InChI=1S/C24H28N3OP/c28-29(25-13-4-1-5-14-25)26-15-7-11-22(26)18-27(29)24-12-6-10-21-16-19-8-2-3-9-20(19)17-23(21)24/h2-3,6,8-10,12,16-17,22H,1,4-5,7,11,13-15,18H2/t22-,29?/m0/s1. The summed E-state index contributed by atoms with van der Waals surface area (Å²) in [6, 6.07) is 20.1. The van der Waals surface area contributed by atoms with Crippen molar-refractivity contribution < 1.29 is 4.89 Å². The number of rotatable bonds is 2. The Morgan fingerprint density at radius 1 is 0.793 bits per heavy atom. The molecule has 150 valence electrons. The van der Waals surface area contributed by atoms with Crippen LogP contribution in [-0.4, -0.2) is 41.6 Å². The molecule has 0 N–H and O–H groups in total. The van der Waals surface area contributed by atoms with Gasteiger partial charge in [0.1, 0.15) is 0 Å². The predicted molar refractivity (Wildman–Crippen MR) is 121 cm³/mol. The minimum absolute atomic E-state index is 0.429. The molecule has 3 aromatic carbocycles. The summed E-state index contributed by atoms with van der Waals surface area (Å²) in [6.07, 6.45) is 5.94. The first-order valence-electron chi connectivity index (χ1n) is 11.1. The van der Waals surface area contributed by atoms with Gasteiger partial charge >= 0.3 is 0 Å². The van der Waals surface area contributed by atoms with Crippen LogP contribution < -0.4 is 9.56 Å². The van der Waals surface area contributed by atoms with Gasteiger partial charge < -0.3 is 4.89 Å². The molecule has 4 nitrogen and oxygen atoms in total. The predicted octanol–water partition coefficient (Wildman–Crippen LogP) is 4.80. The first kappa shape index (κ1) is 18.1. The second kappa shape index (κ2) is 6.92. The summed E-state index contributed by atoms with van der Waals surface area (Å²) in [6.45, 7) is 3.79. The van der Waals surface area contributed by atoms with Crippen molar-refractivity contribution in [1.29, 1.82) is 0 Å². The van der Waals surface area contributed by atoms with Gasteiger partial charge in [-0.2, -0.15) is 0 Å². The minimum atomic E-state index is -2.75. The van der Waals surface area contributed by atoms with Gasteiger partial charge in [-0.3, -0.25) is 0 Å². The molecule has 0 amide bonds. The molecule has 3 saturated heterocycles. The highest BCUT2D eigenvalue weighted by Crippen LogP contribution is 2.69.